The van der Waals surface area contributed by atoms with Crippen LogP contribution in [0.1, 0.15) is 32.3 Å². The second-order valence-corrected chi connectivity index (χ2v) is 6.89. The van der Waals surface area contributed by atoms with Crippen molar-refractivity contribution in [2.45, 2.75) is 32.7 Å². The molecule has 1 aromatic rings. The first-order valence-corrected chi connectivity index (χ1v) is 10.1. The lowest BCUT2D eigenvalue weighted by Gasteiger charge is -2.37. The number of aliphatic imine (C=N–C) groups is 2. The van der Waals surface area contributed by atoms with Gasteiger partial charge in [-0.2, -0.15) is 0 Å². The molecule has 4 unspecified atom stereocenters. The third kappa shape index (κ3) is 5.52. The van der Waals surface area contributed by atoms with Gasteiger partial charge < -0.3 is 14.6 Å². The first-order valence-electron chi connectivity index (χ1n) is 10.1. The normalized spacial score (nSPS) is 23.3. The minimum absolute atomic E-state index is 0.0895. The zero-order valence-electron chi connectivity index (χ0n) is 17.8. The summed E-state index contributed by atoms with van der Waals surface area (Å²) in [4.78, 5) is 45.7. The average Bonchev–Trinajstić information content (AvgIpc) is 2.73. The first kappa shape index (κ1) is 24.1. The number of carbonyl (C=O) groups excluding carboxylic acids is 2. The standard InChI is InChI=1S/C21H27N3O7/c1-4-30-20(26)17-13(3)23-15(12-22-10-11-25)19(21(27)31-5-2)18(17)14-8-6-7-9-16(14)24(28)29/h6-9,12,15,17-19,25H,4-5,10-11H2,1-3H3. The van der Waals surface area contributed by atoms with Crippen LogP contribution in [0, 0.1) is 22.0 Å². The van der Waals surface area contributed by atoms with E-state index in [0.29, 0.717) is 5.71 Å². The molecule has 0 aliphatic carbocycles. The van der Waals surface area contributed by atoms with Gasteiger partial charge >= 0.3 is 11.9 Å². The first-order chi connectivity index (χ1) is 14.9. The van der Waals surface area contributed by atoms with Crippen molar-refractivity contribution in [2.75, 3.05) is 26.4 Å². The molecule has 1 aliphatic heterocycles. The number of rotatable bonds is 9. The highest BCUT2D eigenvalue weighted by Gasteiger charge is 2.50. The highest BCUT2D eigenvalue weighted by atomic mass is 16.6. The fraction of sp³-hybridized carbons (Fsp3) is 0.524. The van der Waals surface area contributed by atoms with Crippen molar-refractivity contribution in [1.29, 1.82) is 0 Å². The van der Waals surface area contributed by atoms with E-state index in [0.717, 1.165) is 0 Å². The minimum atomic E-state index is -1.04. The quantitative estimate of drug-likeness (QED) is 0.271. The Hall–Kier alpha value is -3.14. The van der Waals surface area contributed by atoms with Gasteiger partial charge in [-0.15, -0.1) is 0 Å². The maximum atomic E-state index is 13.0. The molecular formula is C21H27N3O7. The predicted octanol–water partition coefficient (Wildman–Crippen LogP) is 1.94. The van der Waals surface area contributed by atoms with Crippen molar-refractivity contribution in [3.63, 3.8) is 0 Å². The lowest BCUT2D eigenvalue weighted by Crippen LogP contribution is -2.47. The Labute approximate surface area is 180 Å². The number of aliphatic hydroxyl groups is 1. The molecule has 0 saturated heterocycles. The number of esters is 2. The van der Waals surface area contributed by atoms with Gasteiger partial charge in [0.25, 0.3) is 5.69 Å². The van der Waals surface area contributed by atoms with Gasteiger partial charge in [0.2, 0.25) is 0 Å². The maximum absolute atomic E-state index is 13.0. The molecule has 1 aliphatic rings. The second kappa shape index (κ2) is 11.3. The van der Waals surface area contributed by atoms with Crippen LogP contribution < -0.4 is 0 Å². The molecule has 0 radical (unpaired) electrons. The Morgan fingerprint density at radius 2 is 1.87 bits per heavy atom. The van der Waals surface area contributed by atoms with E-state index in [9.17, 15) is 19.7 Å². The van der Waals surface area contributed by atoms with E-state index >= 15 is 0 Å². The number of benzene rings is 1. The van der Waals surface area contributed by atoms with E-state index in [1.807, 2.05) is 0 Å². The van der Waals surface area contributed by atoms with Crippen molar-refractivity contribution in [3.8, 4) is 0 Å². The van der Waals surface area contributed by atoms with E-state index in [2.05, 4.69) is 9.98 Å². The summed E-state index contributed by atoms with van der Waals surface area (Å²) in [6, 6.07) is 5.17. The zero-order valence-corrected chi connectivity index (χ0v) is 17.8. The summed E-state index contributed by atoms with van der Waals surface area (Å²) in [6.07, 6.45) is 1.42. The van der Waals surface area contributed by atoms with Crippen molar-refractivity contribution in [1.82, 2.24) is 0 Å². The van der Waals surface area contributed by atoms with E-state index < -0.39 is 40.7 Å². The van der Waals surface area contributed by atoms with Gasteiger partial charge in [0.1, 0.15) is 5.92 Å². The zero-order chi connectivity index (χ0) is 23.0. The molecule has 0 spiro atoms. The number of ether oxygens (including phenoxy) is 2. The van der Waals surface area contributed by atoms with Crippen LogP contribution in [0.25, 0.3) is 0 Å². The van der Waals surface area contributed by atoms with Crippen LogP contribution in [0.4, 0.5) is 5.69 Å². The molecule has 1 N–H and O–H groups in total. The summed E-state index contributed by atoms with van der Waals surface area (Å²) in [5.41, 5.74) is 0.387. The van der Waals surface area contributed by atoms with Crippen LogP contribution >= 0.6 is 0 Å². The summed E-state index contributed by atoms with van der Waals surface area (Å²) < 4.78 is 10.5. The van der Waals surface area contributed by atoms with Crippen LogP contribution in [0.5, 0.6) is 0 Å². The van der Waals surface area contributed by atoms with Crippen molar-refractivity contribution >= 4 is 29.6 Å². The monoisotopic (exact) mass is 433 g/mol. The third-order valence-electron chi connectivity index (χ3n) is 5.00. The molecule has 4 atom stereocenters. The third-order valence-corrected chi connectivity index (χ3v) is 5.00. The van der Waals surface area contributed by atoms with Gasteiger partial charge in [0.15, 0.2) is 0 Å². The van der Waals surface area contributed by atoms with Crippen LogP contribution in [0.3, 0.4) is 0 Å². The molecule has 1 heterocycles. The molecule has 0 saturated carbocycles. The van der Waals surface area contributed by atoms with Gasteiger partial charge in [-0.3, -0.25) is 29.7 Å². The van der Waals surface area contributed by atoms with Crippen LogP contribution in [0.15, 0.2) is 34.3 Å². The largest absolute Gasteiger partial charge is 0.466 e. The molecule has 0 fully saturated rings. The number of aliphatic hydroxyl groups excluding tert-OH is 1. The van der Waals surface area contributed by atoms with E-state index in [1.165, 1.54) is 24.4 Å². The Morgan fingerprint density at radius 1 is 1.23 bits per heavy atom. The van der Waals surface area contributed by atoms with Gasteiger partial charge in [-0.25, -0.2) is 0 Å². The Kier molecular flexibility index (Phi) is 8.80. The average molecular weight is 433 g/mol. The number of nitro groups is 1. The molecule has 0 aromatic heterocycles. The van der Waals surface area contributed by atoms with E-state index in [1.54, 1.807) is 26.8 Å². The Balaban J connectivity index is 2.74. The predicted molar refractivity (Wildman–Crippen MR) is 113 cm³/mol. The van der Waals surface area contributed by atoms with E-state index in [4.69, 9.17) is 14.6 Å². The van der Waals surface area contributed by atoms with Gasteiger partial charge in [0.05, 0.1) is 43.2 Å². The number of para-hydroxylation sites is 1. The van der Waals surface area contributed by atoms with Crippen molar-refractivity contribution in [3.05, 3.63) is 39.9 Å². The number of nitrogens with zero attached hydrogens (tertiary/aromatic N) is 3. The van der Waals surface area contributed by atoms with Gasteiger partial charge in [0, 0.05) is 29.5 Å². The Morgan fingerprint density at radius 3 is 2.48 bits per heavy atom. The molecule has 10 heteroatoms. The topological polar surface area (TPSA) is 141 Å². The summed E-state index contributed by atoms with van der Waals surface area (Å²) >= 11 is 0. The highest BCUT2D eigenvalue weighted by Crippen LogP contribution is 2.44. The molecule has 2 rings (SSSR count). The summed E-state index contributed by atoms with van der Waals surface area (Å²) in [5, 5.41) is 20.8. The summed E-state index contributed by atoms with van der Waals surface area (Å²) in [6.45, 7) is 5.04. The Bertz CT molecular complexity index is 868. The number of hydrogen-bond donors (Lipinski definition) is 1. The minimum Gasteiger partial charge on any atom is -0.466 e. The van der Waals surface area contributed by atoms with Crippen LogP contribution in [-0.4, -0.2) is 66.3 Å². The van der Waals surface area contributed by atoms with Gasteiger partial charge in [-0.1, -0.05) is 18.2 Å². The summed E-state index contributed by atoms with van der Waals surface area (Å²) in [5.74, 6) is -4.24. The molecule has 31 heavy (non-hydrogen) atoms. The van der Waals surface area contributed by atoms with Crippen LogP contribution in [-0.2, 0) is 19.1 Å². The smallest absolute Gasteiger partial charge is 0.315 e. The number of nitro benzene ring substituents is 1. The molecule has 0 bridgehead atoms. The molecule has 1 aromatic carbocycles. The fourth-order valence-corrected chi connectivity index (χ4v) is 3.82. The molecule has 0 amide bonds. The SMILES string of the molecule is CCOC(=O)C1C(C)=NC(C=NCCO)C(C(=O)OCC)C1c1ccccc1[N+](=O)[O-]. The lowest BCUT2D eigenvalue weighted by atomic mass is 9.69. The van der Waals surface area contributed by atoms with E-state index in [-0.39, 0.29) is 37.6 Å². The fourth-order valence-electron chi connectivity index (χ4n) is 3.82. The number of carbonyl (C=O) groups is 2. The molecule has 168 valence electrons. The molecular weight excluding hydrogens is 406 g/mol. The van der Waals surface area contributed by atoms with Crippen LogP contribution in [0.2, 0.25) is 0 Å². The highest BCUT2D eigenvalue weighted by molar-refractivity contribution is 6.05. The molecule has 10 nitrogen and oxygen atoms in total. The van der Waals surface area contributed by atoms with Crippen molar-refractivity contribution < 1.29 is 29.1 Å². The second-order valence-electron chi connectivity index (χ2n) is 6.89. The summed E-state index contributed by atoms with van der Waals surface area (Å²) in [7, 11) is 0. The lowest BCUT2D eigenvalue weighted by molar-refractivity contribution is -0.385. The van der Waals surface area contributed by atoms with Crippen molar-refractivity contribution in [2.24, 2.45) is 21.8 Å². The number of hydrogen-bond acceptors (Lipinski definition) is 9. The maximum Gasteiger partial charge on any atom is 0.315 e. The van der Waals surface area contributed by atoms with Gasteiger partial charge in [-0.05, 0) is 20.8 Å².